The highest BCUT2D eigenvalue weighted by Gasteiger charge is 2.37. The number of halogens is 3. The van der Waals surface area contributed by atoms with E-state index in [1.165, 1.54) is 0 Å². The molecular weight excluding hydrogens is 277 g/mol. The summed E-state index contributed by atoms with van der Waals surface area (Å²) in [7, 11) is 0. The Morgan fingerprint density at radius 3 is 2.65 bits per heavy atom. The molecule has 1 heterocycles. The molecule has 1 aliphatic rings. The number of nitro benzene ring substituents is 1. The fourth-order valence-corrected chi connectivity index (χ4v) is 2.36. The molecule has 0 radical (unpaired) electrons. The Hall–Kier alpha value is -1.67. The van der Waals surface area contributed by atoms with Crippen LogP contribution in [0.5, 0.6) is 0 Å². The van der Waals surface area contributed by atoms with Crippen LogP contribution in [0.4, 0.5) is 18.9 Å². The normalized spacial score (nSPS) is 20.3. The number of hydrogen-bond donors (Lipinski definition) is 1. The molecule has 1 fully saturated rings. The average Bonchev–Trinajstić information content (AvgIpc) is 2.73. The molecule has 1 aromatic rings. The summed E-state index contributed by atoms with van der Waals surface area (Å²) in [6, 6.07) is 2.94. The summed E-state index contributed by atoms with van der Waals surface area (Å²) in [6.45, 7) is 0.455. The van der Waals surface area contributed by atoms with Crippen molar-refractivity contribution in [3.8, 4) is 0 Å². The second-order valence-electron chi connectivity index (χ2n) is 4.74. The number of nitro groups is 1. The Bertz CT molecular complexity index is 519. The maximum absolute atomic E-state index is 13.0. The Morgan fingerprint density at radius 2 is 2.15 bits per heavy atom. The number of hydrogen-bond acceptors (Lipinski definition) is 4. The molecular formula is C12H13F3N2O3. The smallest absolute Gasteiger partial charge is 0.392 e. The Balaban J connectivity index is 2.39. The molecule has 0 aliphatic carbocycles. The number of rotatable bonds is 3. The maximum atomic E-state index is 13.0. The van der Waals surface area contributed by atoms with E-state index in [4.69, 9.17) is 0 Å². The first-order valence-corrected chi connectivity index (χ1v) is 6.03. The van der Waals surface area contributed by atoms with Gasteiger partial charge in [0.15, 0.2) is 0 Å². The standard InChI is InChI=1S/C12H13F3N2O3/c13-12(14,15)10-2-1-3-11(17(19)20)9(10)7-16-5-4-8(18)6-16/h1-3,8,18H,4-7H2. The van der Waals surface area contributed by atoms with Crippen LogP contribution in [0.1, 0.15) is 17.5 Å². The van der Waals surface area contributed by atoms with Gasteiger partial charge in [-0.15, -0.1) is 0 Å². The van der Waals surface area contributed by atoms with Gasteiger partial charge in [-0.05, 0) is 12.5 Å². The first kappa shape index (κ1) is 14.7. The molecule has 1 atom stereocenters. The lowest BCUT2D eigenvalue weighted by Gasteiger charge is -2.18. The molecule has 5 nitrogen and oxygen atoms in total. The number of aliphatic hydroxyl groups is 1. The summed E-state index contributed by atoms with van der Waals surface area (Å²) in [5.41, 5.74) is -1.88. The minimum atomic E-state index is -4.64. The molecule has 1 aliphatic heterocycles. The minimum absolute atomic E-state index is 0.191. The van der Waals surface area contributed by atoms with Crippen LogP contribution in [0.3, 0.4) is 0 Å². The third kappa shape index (κ3) is 3.07. The second kappa shape index (κ2) is 5.37. The van der Waals surface area contributed by atoms with Crippen LogP contribution in [0.25, 0.3) is 0 Å². The number of aliphatic hydroxyl groups excluding tert-OH is 1. The Kier molecular flexibility index (Phi) is 3.96. The van der Waals surface area contributed by atoms with Crippen molar-refractivity contribution in [3.05, 3.63) is 39.4 Å². The maximum Gasteiger partial charge on any atom is 0.416 e. The molecule has 20 heavy (non-hydrogen) atoms. The summed E-state index contributed by atoms with van der Waals surface area (Å²) in [6.07, 6.45) is -4.77. The highest BCUT2D eigenvalue weighted by molar-refractivity contribution is 5.46. The Morgan fingerprint density at radius 1 is 1.45 bits per heavy atom. The summed E-state index contributed by atoms with van der Waals surface area (Å²) in [4.78, 5) is 11.7. The van der Waals surface area contributed by atoms with Gasteiger partial charge in [0.05, 0.1) is 22.2 Å². The van der Waals surface area contributed by atoms with Gasteiger partial charge in [0.25, 0.3) is 5.69 Å². The molecule has 0 saturated carbocycles. The largest absolute Gasteiger partial charge is 0.416 e. The van der Waals surface area contributed by atoms with E-state index >= 15 is 0 Å². The van der Waals surface area contributed by atoms with E-state index in [-0.39, 0.29) is 18.7 Å². The fraction of sp³-hybridized carbons (Fsp3) is 0.500. The lowest BCUT2D eigenvalue weighted by molar-refractivity contribution is -0.386. The van der Waals surface area contributed by atoms with E-state index < -0.39 is 28.5 Å². The zero-order valence-corrected chi connectivity index (χ0v) is 10.4. The van der Waals surface area contributed by atoms with E-state index in [2.05, 4.69) is 0 Å². The van der Waals surface area contributed by atoms with Crippen LogP contribution in [-0.2, 0) is 12.7 Å². The highest BCUT2D eigenvalue weighted by Crippen LogP contribution is 2.36. The molecule has 0 amide bonds. The van der Waals surface area contributed by atoms with Gasteiger partial charge in [-0.25, -0.2) is 0 Å². The van der Waals surface area contributed by atoms with Gasteiger partial charge in [0.2, 0.25) is 0 Å². The molecule has 8 heteroatoms. The fourth-order valence-electron chi connectivity index (χ4n) is 2.36. The van der Waals surface area contributed by atoms with Crippen LogP contribution in [0.2, 0.25) is 0 Å². The van der Waals surface area contributed by atoms with Crippen molar-refractivity contribution < 1.29 is 23.2 Å². The summed E-state index contributed by atoms with van der Waals surface area (Å²) in [5.74, 6) is 0. The van der Waals surface area contributed by atoms with Crippen molar-refractivity contribution >= 4 is 5.69 Å². The SMILES string of the molecule is O=[N+]([O-])c1cccc(C(F)(F)F)c1CN1CCC(O)C1. The predicted octanol–water partition coefficient (Wildman–Crippen LogP) is 2.18. The van der Waals surface area contributed by atoms with Gasteiger partial charge < -0.3 is 5.11 Å². The van der Waals surface area contributed by atoms with Crippen molar-refractivity contribution in [1.29, 1.82) is 0 Å². The lowest BCUT2D eigenvalue weighted by atomic mass is 10.0. The first-order chi connectivity index (χ1) is 9.29. The van der Waals surface area contributed by atoms with E-state index in [0.717, 1.165) is 18.2 Å². The van der Waals surface area contributed by atoms with Gasteiger partial charge in [0, 0.05) is 25.7 Å². The molecule has 1 N–H and O–H groups in total. The summed E-state index contributed by atoms with van der Waals surface area (Å²) < 4.78 is 38.9. The third-order valence-corrected chi connectivity index (χ3v) is 3.28. The minimum Gasteiger partial charge on any atom is -0.392 e. The van der Waals surface area contributed by atoms with E-state index in [9.17, 15) is 28.4 Å². The van der Waals surface area contributed by atoms with Gasteiger partial charge in [0.1, 0.15) is 0 Å². The van der Waals surface area contributed by atoms with Gasteiger partial charge in [-0.3, -0.25) is 15.0 Å². The number of β-amino-alcohol motifs (C(OH)–C–C–N with tert-alkyl or cyclic N) is 1. The van der Waals surface area contributed by atoms with Gasteiger partial charge in [-0.2, -0.15) is 13.2 Å². The van der Waals surface area contributed by atoms with Crippen LogP contribution < -0.4 is 0 Å². The van der Waals surface area contributed by atoms with Gasteiger partial charge >= 0.3 is 6.18 Å². The molecule has 0 spiro atoms. The van der Waals surface area contributed by atoms with Crippen LogP contribution >= 0.6 is 0 Å². The van der Waals surface area contributed by atoms with E-state index in [1.54, 1.807) is 4.90 Å². The van der Waals surface area contributed by atoms with Crippen LogP contribution in [0.15, 0.2) is 18.2 Å². The number of likely N-dealkylation sites (tertiary alicyclic amines) is 1. The van der Waals surface area contributed by atoms with Crippen molar-refractivity contribution in [2.45, 2.75) is 25.2 Å². The molecule has 0 aromatic heterocycles. The van der Waals surface area contributed by atoms with Crippen LogP contribution in [-0.4, -0.2) is 34.1 Å². The molecule has 1 unspecified atom stereocenters. The number of benzene rings is 1. The zero-order chi connectivity index (χ0) is 14.9. The van der Waals surface area contributed by atoms with Crippen molar-refractivity contribution in [3.63, 3.8) is 0 Å². The highest BCUT2D eigenvalue weighted by atomic mass is 19.4. The van der Waals surface area contributed by atoms with Crippen molar-refractivity contribution in [2.24, 2.45) is 0 Å². The average molecular weight is 290 g/mol. The number of alkyl halides is 3. The molecule has 0 bridgehead atoms. The summed E-state index contributed by atoms with van der Waals surface area (Å²) >= 11 is 0. The quantitative estimate of drug-likeness (QED) is 0.684. The molecule has 110 valence electrons. The topological polar surface area (TPSA) is 66.6 Å². The monoisotopic (exact) mass is 290 g/mol. The summed E-state index contributed by atoms with van der Waals surface area (Å²) in [5, 5.41) is 20.3. The molecule has 2 rings (SSSR count). The number of nitrogens with zero attached hydrogens (tertiary/aromatic N) is 2. The van der Waals surface area contributed by atoms with Gasteiger partial charge in [-0.1, -0.05) is 6.07 Å². The second-order valence-corrected chi connectivity index (χ2v) is 4.74. The molecule has 1 aromatic carbocycles. The van der Waals surface area contributed by atoms with Crippen molar-refractivity contribution in [2.75, 3.05) is 13.1 Å². The molecule has 1 saturated heterocycles. The van der Waals surface area contributed by atoms with E-state index in [1.807, 2.05) is 0 Å². The van der Waals surface area contributed by atoms with Crippen molar-refractivity contribution in [1.82, 2.24) is 4.90 Å². The third-order valence-electron chi connectivity index (χ3n) is 3.28. The predicted molar refractivity (Wildman–Crippen MR) is 64.0 cm³/mol. The van der Waals surface area contributed by atoms with E-state index in [0.29, 0.717) is 13.0 Å². The first-order valence-electron chi connectivity index (χ1n) is 6.03. The lowest BCUT2D eigenvalue weighted by Crippen LogP contribution is -2.24. The zero-order valence-electron chi connectivity index (χ0n) is 10.4. The Labute approximate surface area is 112 Å². The van der Waals surface area contributed by atoms with Crippen LogP contribution in [0, 0.1) is 10.1 Å².